The van der Waals surface area contributed by atoms with Crippen molar-refractivity contribution in [2.45, 2.75) is 106 Å². The van der Waals surface area contributed by atoms with E-state index in [-0.39, 0.29) is 6.10 Å². The molecule has 2 nitrogen and oxygen atoms in total. The van der Waals surface area contributed by atoms with Gasteiger partial charge in [0.15, 0.2) is 0 Å². The number of hydrogen-bond donors (Lipinski definition) is 1. The molecule has 3 fully saturated rings. The van der Waals surface area contributed by atoms with E-state index in [4.69, 9.17) is 4.74 Å². The third kappa shape index (κ3) is 6.51. The van der Waals surface area contributed by atoms with E-state index < -0.39 is 6.10 Å². The van der Waals surface area contributed by atoms with Crippen molar-refractivity contribution in [1.82, 2.24) is 0 Å². The lowest BCUT2D eigenvalue weighted by Crippen LogP contribution is -2.35. The molecule has 0 unspecified atom stereocenters. The molecule has 0 amide bonds. The van der Waals surface area contributed by atoms with Gasteiger partial charge in [0, 0.05) is 13.5 Å². The molecule has 2 heteroatoms. The lowest BCUT2D eigenvalue weighted by molar-refractivity contribution is 0.0470. The molecule has 0 saturated heterocycles. The molecule has 0 aromatic rings. The first-order valence-corrected chi connectivity index (χ1v) is 13.6. The van der Waals surface area contributed by atoms with Gasteiger partial charge in [0.25, 0.3) is 0 Å². The van der Waals surface area contributed by atoms with Crippen molar-refractivity contribution in [2.24, 2.45) is 35.0 Å². The molecular weight excluding hydrogens is 404 g/mol. The van der Waals surface area contributed by atoms with Crippen LogP contribution in [0.3, 0.4) is 0 Å². The predicted octanol–water partition coefficient (Wildman–Crippen LogP) is 8.29. The molecule has 188 valence electrons. The molecule has 7 atom stereocenters. The van der Waals surface area contributed by atoms with Gasteiger partial charge in [-0.3, -0.25) is 0 Å². The van der Waals surface area contributed by atoms with E-state index in [1.54, 1.807) is 12.7 Å². The number of fused-ring (bicyclic) bond motifs is 1. The Morgan fingerprint density at radius 2 is 1.79 bits per heavy atom. The average Bonchev–Trinajstić information content (AvgIpc) is 3.16. The van der Waals surface area contributed by atoms with E-state index in [2.05, 4.69) is 65.5 Å². The standard InChI is InChI=1S/C29H46O2.C2H6/c1-19(2)20(3)10-11-21(4)26-14-15-27-23(9-8-16-29(26,27)6)12-13-24-17-25(31-7)18-28(30)22(24)5;1-2/h10-13,19-21,25-28,30H,5,8-9,14-18H2,1-4,6-7H3;1-2H3/b11-10+,23-12+,24-13-;/t20-,21+,25+,26+,27-,28-,29+;/m0./s1. The summed E-state index contributed by atoms with van der Waals surface area (Å²) in [7, 11) is 1.74. The first-order chi connectivity index (χ1) is 15.7. The van der Waals surface area contributed by atoms with Gasteiger partial charge in [0.1, 0.15) is 0 Å². The molecule has 33 heavy (non-hydrogen) atoms. The fourth-order valence-electron chi connectivity index (χ4n) is 6.48. The number of hydrogen-bond acceptors (Lipinski definition) is 2. The highest BCUT2D eigenvalue weighted by atomic mass is 16.5. The van der Waals surface area contributed by atoms with Crippen LogP contribution in [-0.2, 0) is 4.74 Å². The van der Waals surface area contributed by atoms with Crippen LogP contribution in [0, 0.1) is 35.0 Å². The van der Waals surface area contributed by atoms with Crippen molar-refractivity contribution >= 4 is 0 Å². The Morgan fingerprint density at radius 1 is 1.09 bits per heavy atom. The maximum Gasteiger partial charge on any atom is 0.0811 e. The molecule has 3 saturated carbocycles. The summed E-state index contributed by atoms with van der Waals surface area (Å²) in [5.74, 6) is 3.47. The van der Waals surface area contributed by atoms with Crippen molar-refractivity contribution in [3.63, 3.8) is 0 Å². The Morgan fingerprint density at radius 3 is 2.42 bits per heavy atom. The summed E-state index contributed by atoms with van der Waals surface area (Å²) in [6, 6.07) is 0. The molecule has 3 aliphatic rings. The van der Waals surface area contributed by atoms with E-state index >= 15 is 0 Å². The molecule has 0 spiro atoms. The van der Waals surface area contributed by atoms with Crippen molar-refractivity contribution in [2.75, 3.05) is 7.11 Å². The van der Waals surface area contributed by atoms with Gasteiger partial charge in [-0.15, -0.1) is 0 Å². The zero-order valence-electron chi connectivity index (χ0n) is 22.9. The molecule has 0 aromatic carbocycles. The molecular formula is C31H52O2. The summed E-state index contributed by atoms with van der Waals surface area (Å²) < 4.78 is 5.54. The smallest absolute Gasteiger partial charge is 0.0811 e. The van der Waals surface area contributed by atoms with Crippen LogP contribution in [0.25, 0.3) is 0 Å². The molecule has 0 aromatic heterocycles. The molecule has 1 N–H and O–H groups in total. The minimum atomic E-state index is -0.475. The monoisotopic (exact) mass is 456 g/mol. The Hall–Kier alpha value is -1.12. The van der Waals surface area contributed by atoms with Crippen LogP contribution in [0.1, 0.15) is 93.4 Å². The van der Waals surface area contributed by atoms with E-state index in [1.165, 1.54) is 37.7 Å². The number of rotatable bonds is 6. The summed E-state index contributed by atoms with van der Waals surface area (Å²) >= 11 is 0. The zero-order valence-corrected chi connectivity index (χ0v) is 22.9. The van der Waals surface area contributed by atoms with E-state index in [0.717, 1.165) is 17.9 Å². The van der Waals surface area contributed by atoms with Crippen LogP contribution in [-0.4, -0.2) is 24.4 Å². The molecule has 3 rings (SSSR count). The fraction of sp³-hybridized carbons (Fsp3) is 0.742. The van der Waals surface area contributed by atoms with Gasteiger partial charge in [0.2, 0.25) is 0 Å². The second-order valence-corrected chi connectivity index (χ2v) is 11.2. The van der Waals surface area contributed by atoms with Crippen LogP contribution >= 0.6 is 0 Å². The lowest BCUT2D eigenvalue weighted by Gasteiger charge is -2.44. The van der Waals surface area contributed by atoms with E-state index in [0.29, 0.717) is 35.5 Å². The Kier molecular flexibility index (Phi) is 10.7. The molecule has 0 aliphatic heterocycles. The largest absolute Gasteiger partial charge is 0.388 e. The Balaban J connectivity index is 0.00000187. The van der Waals surface area contributed by atoms with Gasteiger partial charge >= 0.3 is 0 Å². The third-order valence-electron chi connectivity index (χ3n) is 9.02. The second-order valence-electron chi connectivity index (χ2n) is 11.2. The predicted molar refractivity (Wildman–Crippen MR) is 143 cm³/mol. The number of aliphatic hydroxyl groups excluding tert-OH is 1. The third-order valence-corrected chi connectivity index (χ3v) is 9.02. The summed E-state index contributed by atoms with van der Waals surface area (Å²) in [5.41, 5.74) is 4.08. The highest BCUT2D eigenvalue weighted by Crippen LogP contribution is 2.59. The van der Waals surface area contributed by atoms with Gasteiger partial charge in [0.05, 0.1) is 12.2 Å². The van der Waals surface area contributed by atoms with Crippen LogP contribution in [0.5, 0.6) is 0 Å². The summed E-state index contributed by atoms with van der Waals surface area (Å²) in [6.45, 7) is 20.1. The van der Waals surface area contributed by atoms with Crippen molar-refractivity contribution in [1.29, 1.82) is 0 Å². The van der Waals surface area contributed by atoms with E-state index in [1.807, 2.05) is 13.8 Å². The van der Waals surface area contributed by atoms with Crippen LogP contribution in [0.2, 0.25) is 0 Å². The normalized spacial score (nSPS) is 36.7. The maximum absolute atomic E-state index is 10.3. The fourth-order valence-corrected chi connectivity index (χ4v) is 6.48. The molecule has 0 heterocycles. The van der Waals surface area contributed by atoms with Crippen LogP contribution in [0.4, 0.5) is 0 Å². The van der Waals surface area contributed by atoms with Gasteiger partial charge in [-0.1, -0.05) is 84.9 Å². The maximum atomic E-state index is 10.3. The number of allylic oxidation sites excluding steroid dienone is 5. The zero-order chi connectivity index (χ0) is 24.8. The minimum absolute atomic E-state index is 0.0958. The molecule has 0 radical (unpaired) electrons. The second kappa shape index (κ2) is 12.5. The molecule has 3 aliphatic carbocycles. The van der Waals surface area contributed by atoms with Gasteiger partial charge in [-0.05, 0) is 84.7 Å². The summed E-state index contributed by atoms with van der Waals surface area (Å²) in [6.07, 6.45) is 17.3. The Bertz CT molecular complexity index is 727. The first kappa shape index (κ1) is 28.1. The quantitative estimate of drug-likeness (QED) is 0.407. The highest BCUT2D eigenvalue weighted by molar-refractivity contribution is 5.38. The topological polar surface area (TPSA) is 29.5 Å². The first-order valence-electron chi connectivity index (χ1n) is 13.6. The average molecular weight is 457 g/mol. The van der Waals surface area contributed by atoms with Crippen molar-refractivity contribution in [3.05, 3.63) is 47.6 Å². The van der Waals surface area contributed by atoms with Crippen LogP contribution < -0.4 is 0 Å². The van der Waals surface area contributed by atoms with E-state index in [9.17, 15) is 5.11 Å². The summed E-state index contributed by atoms with van der Waals surface area (Å²) in [5, 5.41) is 10.3. The Labute approximate surface area is 205 Å². The number of aliphatic hydroxyl groups is 1. The van der Waals surface area contributed by atoms with Gasteiger partial charge in [-0.25, -0.2) is 0 Å². The minimum Gasteiger partial charge on any atom is -0.388 e. The number of ether oxygens (including phenoxy) is 1. The van der Waals surface area contributed by atoms with Crippen molar-refractivity contribution in [3.8, 4) is 0 Å². The molecule has 0 bridgehead atoms. The lowest BCUT2D eigenvalue weighted by atomic mass is 9.61. The van der Waals surface area contributed by atoms with Crippen molar-refractivity contribution < 1.29 is 9.84 Å². The van der Waals surface area contributed by atoms with Gasteiger partial charge in [-0.2, -0.15) is 0 Å². The van der Waals surface area contributed by atoms with Crippen LogP contribution in [0.15, 0.2) is 47.6 Å². The number of methoxy groups -OCH3 is 1. The summed E-state index contributed by atoms with van der Waals surface area (Å²) in [4.78, 5) is 0. The highest BCUT2D eigenvalue weighted by Gasteiger charge is 2.50. The SMILES string of the molecule is C=C1/C(=C\C=C2/CCC[C@]3(C)[C@@H]([C@H](C)/C=C/[C@H](C)C(C)C)CC[C@@H]23)C[C@@H](OC)C[C@@H]1O.CC. The van der Waals surface area contributed by atoms with Gasteiger partial charge < -0.3 is 9.84 Å².